The van der Waals surface area contributed by atoms with Crippen LogP contribution in [0, 0.1) is 5.92 Å². The van der Waals surface area contributed by atoms with Crippen molar-refractivity contribution in [3.63, 3.8) is 0 Å². The highest BCUT2D eigenvalue weighted by atomic mass is 35.5. The Bertz CT molecular complexity index is 1360. The summed E-state index contributed by atoms with van der Waals surface area (Å²) in [6.07, 6.45) is -1.50. The Morgan fingerprint density at radius 1 is 1.07 bits per heavy atom. The number of carbonyl (C=O) groups is 1. The van der Waals surface area contributed by atoms with Crippen LogP contribution < -0.4 is 16.2 Å². The minimum atomic E-state index is -4.28. The topological polar surface area (TPSA) is 134 Å². The molecule has 2 unspecified atom stereocenters. The molecule has 42 heavy (non-hydrogen) atoms. The predicted molar refractivity (Wildman–Crippen MR) is 158 cm³/mol. The van der Waals surface area contributed by atoms with Gasteiger partial charge in [0.2, 0.25) is 11.0 Å². The van der Waals surface area contributed by atoms with Gasteiger partial charge in [-0.2, -0.15) is 13.2 Å². The Morgan fingerprint density at radius 2 is 1.67 bits per heavy atom. The number of benzene rings is 2. The third kappa shape index (κ3) is 9.90. The van der Waals surface area contributed by atoms with Gasteiger partial charge in [-0.25, -0.2) is 9.97 Å². The normalized spacial score (nSPS) is 16.7. The fraction of sp³-hybridized carbons (Fsp3) is 0.379. The molecule has 1 fully saturated rings. The first-order chi connectivity index (χ1) is 19.9. The molecule has 0 bridgehead atoms. The third-order valence-corrected chi connectivity index (χ3v) is 6.91. The molecule has 0 spiro atoms. The van der Waals surface area contributed by atoms with Gasteiger partial charge in [-0.1, -0.05) is 30.2 Å². The van der Waals surface area contributed by atoms with Crippen molar-refractivity contribution in [1.82, 2.24) is 9.97 Å². The minimum absolute atomic E-state index is 0.0451. The van der Waals surface area contributed by atoms with Gasteiger partial charge in [0.25, 0.3) is 0 Å². The smallest absolute Gasteiger partial charge is 0.392 e. The number of primary amides is 1. The molecule has 1 aliphatic rings. The van der Waals surface area contributed by atoms with Crippen molar-refractivity contribution in [3.05, 3.63) is 64.9 Å². The number of rotatable bonds is 9. The van der Waals surface area contributed by atoms with Crippen LogP contribution in [-0.2, 0) is 16.1 Å². The van der Waals surface area contributed by atoms with Crippen LogP contribution in [0.4, 0.5) is 13.2 Å². The molecule has 0 saturated heterocycles. The monoisotopic (exact) mass is 624 g/mol. The number of nitrogens with two attached hydrogens (primary N) is 2. The molecule has 3 aromatic rings. The second-order valence-corrected chi connectivity index (χ2v) is 10.5. The summed E-state index contributed by atoms with van der Waals surface area (Å²) < 4.78 is 47.3. The lowest BCUT2D eigenvalue weighted by molar-refractivity contribution is -0.139. The molecular formula is C29H32ClF3N4O4S. The van der Waals surface area contributed by atoms with E-state index < -0.39 is 24.3 Å². The molecule has 2 aromatic carbocycles. The number of aromatic nitrogens is 2. The van der Waals surface area contributed by atoms with E-state index in [4.69, 9.17) is 44.8 Å². The molecule has 8 nitrogen and oxygen atoms in total. The van der Waals surface area contributed by atoms with E-state index in [1.54, 1.807) is 48.5 Å². The van der Waals surface area contributed by atoms with E-state index in [9.17, 15) is 23.1 Å². The quantitative estimate of drug-likeness (QED) is 0.241. The molecule has 1 amide bonds. The first-order valence-corrected chi connectivity index (χ1v) is 13.9. The molecule has 1 saturated carbocycles. The van der Waals surface area contributed by atoms with E-state index in [2.05, 4.69) is 9.97 Å². The lowest BCUT2D eigenvalue weighted by Crippen LogP contribution is -2.34. The van der Waals surface area contributed by atoms with Crippen molar-refractivity contribution in [2.45, 2.75) is 50.9 Å². The first kappa shape index (κ1) is 33.2. The number of halogens is 4. The average Bonchev–Trinajstić information content (AvgIpc) is 2.93. The summed E-state index contributed by atoms with van der Waals surface area (Å²) in [5, 5.41) is 10.1. The Labute approximate surface area is 252 Å². The van der Waals surface area contributed by atoms with E-state index >= 15 is 0 Å². The Balaban J connectivity index is 0.000000408. The number of carbonyl (C=O) groups excluding carboxylic acids is 1. The van der Waals surface area contributed by atoms with Crippen molar-refractivity contribution in [1.29, 1.82) is 0 Å². The van der Waals surface area contributed by atoms with Crippen molar-refractivity contribution >= 4 is 34.8 Å². The van der Waals surface area contributed by atoms with Crippen LogP contribution in [-0.4, -0.2) is 52.0 Å². The van der Waals surface area contributed by atoms with Crippen LogP contribution in [0.15, 0.2) is 48.5 Å². The van der Waals surface area contributed by atoms with E-state index in [-0.39, 0.29) is 30.2 Å². The number of thiocarbonyl (C=S) groups is 1. The standard InChI is InChI=1S/C22H18ClF3N2O3S.C7H14N2O/c1-30-12-17-20(21(29)32)28-19(13-2-6-15(23)7-3-13)18(27-17)14-4-8-16(9-5-14)31-11-10-22(24,25)26;8-6-3-1-2-5(4-6)7(9)10/h2-9H,10-12H2,1H3,(H,29,32);5-6H,1-4,8H2,(H2,9,10). The predicted octanol–water partition coefficient (Wildman–Crippen LogP) is 6.16. The maximum absolute atomic E-state index is 12.3. The van der Waals surface area contributed by atoms with Crippen LogP contribution in [0.2, 0.25) is 5.02 Å². The maximum Gasteiger partial charge on any atom is 0.392 e. The van der Waals surface area contributed by atoms with Crippen LogP contribution in [0.5, 0.6) is 5.75 Å². The van der Waals surface area contributed by atoms with Crippen LogP contribution in [0.1, 0.15) is 43.5 Å². The fourth-order valence-corrected chi connectivity index (χ4v) is 4.66. The number of aliphatic hydroxyl groups is 1. The molecule has 5 N–H and O–H groups in total. The summed E-state index contributed by atoms with van der Waals surface area (Å²) in [4.78, 5) is 19.8. The zero-order valence-corrected chi connectivity index (χ0v) is 24.4. The SMILES string of the molecule is COCc1nc(-c2ccc(OCCC(F)(F)F)cc2)c(-c2ccc(Cl)cc2)nc1C(O)=S.NC(=O)C1CCCC(N)C1. The van der Waals surface area contributed by atoms with Gasteiger partial charge in [-0.3, -0.25) is 4.79 Å². The van der Waals surface area contributed by atoms with E-state index in [1.165, 1.54) is 7.11 Å². The van der Waals surface area contributed by atoms with Gasteiger partial charge >= 0.3 is 6.18 Å². The fourth-order valence-electron chi connectivity index (χ4n) is 4.37. The molecule has 0 radical (unpaired) electrons. The molecule has 13 heteroatoms. The molecule has 226 valence electrons. The number of methoxy groups -OCH3 is 1. The molecular weight excluding hydrogens is 593 g/mol. The summed E-state index contributed by atoms with van der Waals surface area (Å²) in [6, 6.07) is 13.5. The van der Waals surface area contributed by atoms with Gasteiger partial charge in [0.05, 0.1) is 36.7 Å². The largest absolute Gasteiger partial charge is 0.497 e. The first-order valence-electron chi connectivity index (χ1n) is 13.1. The maximum atomic E-state index is 12.3. The number of amides is 1. The van der Waals surface area contributed by atoms with Crippen molar-refractivity contribution in [2.24, 2.45) is 17.4 Å². The molecule has 2 atom stereocenters. The molecule has 1 aromatic heterocycles. The zero-order valence-electron chi connectivity index (χ0n) is 22.9. The lowest BCUT2D eigenvalue weighted by Gasteiger charge is -2.23. The molecule has 1 heterocycles. The number of hydrogen-bond acceptors (Lipinski definition) is 7. The second kappa shape index (κ2) is 15.2. The Hall–Kier alpha value is -3.32. The number of nitrogens with zero attached hydrogens (tertiary/aromatic N) is 2. The van der Waals surface area contributed by atoms with Gasteiger partial charge in [-0.15, -0.1) is 0 Å². The van der Waals surface area contributed by atoms with Crippen molar-refractivity contribution < 1.29 is 32.5 Å². The van der Waals surface area contributed by atoms with E-state index in [0.717, 1.165) is 25.7 Å². The number of alkyl halides is 3. The van der Waals surface area contributed by atoms with E-state index in [1.807, 2.05) is 0 Å². The third-order valence-electron chi connectivity index (χ3n) is 6.47. The minimum Gasteiger partial charge on any atom is -0.497 e. The second-order valence-electron chi connectivity index (χ2n) is 9.73. The Kier molecular flexibility index (Phi) is 12.0. The lowest BCUT2D eigenvalue weighted by atomic mass is 9.86. The van der Waals surface area contributed by atoms with Crippen molar-refractivity contribution in [2.75, 3.05) is 13.7 Å². The van der Waals surface area contributed by atoms with Gasteiger partial charge in [0, 0.05) is 35.2 Å². The summed E-state index contributed by atoms with van der Waals surface area (Å²) in [6.45, 7) is -0.408. The van der Waals surface area contributed by atoms with E-state index in [0.29, 0.717) is 39.0 Å². The molecule has 0 aliphatic heterocycles. The van der Waals surface area contributed by atoms with Crippen LogP contribution in [0.3, 0.4) is 0 Å². The van der Waals surface area contributed by atoms with Crippen LogP contribution >= 0.6 is 23.8 Å². The highest BCUT2D eigenvalue weighted by molar-refractivity contribution is 7.80. The van der Waals surface area contributed by atoms with Gasteiger partial charge < -0.3 is 26.0 Å². The highest BCUT2D eigenvalue weighted by Crippen LogP contribution is 2.32. The summed E-state index contributed by atoms with van der Waals surface area (Å²) >= 11 is 10.9. The highest BCUT2D eigenvalue weighted by Gasteiger charge is 2.27. The number of ether oxygens (including phenoxy) is 2. The van der Waals surface area contributed by atoms with Gasteiger partial charge in [-0.05, 0) is 67.9 Å². The summed E-state index contributed by atoms with van der Waals surface area (Å²) in [5.41, 5.74) is 13.5. The van der Waals surface area contributed by atoms with Gasteiger partial charge in [0.1, 0.15) is 11.4 Å². The number of aliphatic hydroxyl groups excluding tert-OH is 1. The Morgan fingerprint density at radius 3 is 2.17 bits per heavy atom. The number of hydrogen-bond donors (Lipinski definition) is 3. The van der Waals surface area contributed by atoms with Crippen LogP contribution in [0.25, 0.3) is 22.5 Å². The summed E-state index contributed by atoms with van der Waals surface area (Å²) in [7, 11) is 1.48. The summed E-state index contributed by atoms with van der Waals surface area (Å²) in [5.74, 6) is 0.156. The zero-order chi connectivity index (χ0) is 30.9. The average molecular weight is 625 g/mol. The van der Waals surface area contributed by atoms with Crippen molar-refractivity contribution in [3.8, 4) is 28.3 Å². The van der Waals surface area contributed by atoms with Gasteiger partial charge in [0.15, 0.2) is 0 Å². The molecule has 1 aliphatic carbocycles. The molecule has 4 rings (SSSR count).